The third-order valence-electron chi connectivity index (χ3n) is 5.24. The summed E-state index contributed by atoms with van der Waals surface area (Å²) >= 11 is 0. The van der Waals surface area contributed by atoms with Gasteiger partial charge in [0.2, 0.25) is 0 Å². The summed E-state index contributed by atoms with van der Waals surface area (Å²) in [7, 11) is 0. The van der Waals surface area contributed by atoms with Gasteiger partial charge in [0.15, 0.2) is 0 Å². The first-order valence-electron chi connectivity index (χ1n) is 10.5. The number of hydrogen-bond donors (Lipinski definition) is 2. The first-order valence-corrected chi connectivity index (χ1v) is 10.5. The fraction of sp³-hybridized carbons (Fsp3) is 0.222. The van der Waals surface area contributed by atoms with Crippen LogP contribution in [0.5, 0.6) is 0 Å². The summed E-state index contributed by atoms with van der Waals surface area (Å²) in [6.45, 7) is 5.45. The highest BCUT2D eigenvalue weighted by Crippen LogP contribution is 2.45. The average molecular weight is 414 g/mol. The van der Waals surface area contributed by atoms with Crippen molar-refractivity contribution in [2.75, 3.05) is 5.32 Å². The van der Waals surface area contributed by atoms with Crippen LogP contribution in [0.3, 0.4) is 0 Å². The molecule has 0 heterocycles. The number of ether oxygens (including phenoxy) is 1. The lowest BCUT2D eigenvalue weighted by Crippen LogP contribution is -2.27. The van der Waals surface area contributed by atoms with E-state index >= 15 is 0 Å². The third kappa shape index (κ3) is 4.70. The molecule has 4 nitrogen and oxygen atoms in total. The lowest BCUT2D eigenvalue weighted by atomic mass is 9.95. The van der Waals surface area contributed by atoms with E-state index in [1.165, 1.54) is 22.3 Å². The maximum atomic E-state index is 12.0. The quantitative estimate of drug-likeness (QED) is 0.484. The molecule has 0 bridgehead atoms. The zero-order chi connectivity index (χ0) is 22.0. The van der Waals surface area contributed by atoms with Crippen LogP contribution in [0.4, 0.5) is 10.5 Å². The van der Waals surface area contributed by atoms with Gasteiger partial charge in [0.05, 0.1) is 6.10 Å². The molecular weight excluding hydrogens is 386 g/mol. The molecule has 4 heteroatoms. The minimum Gasteiger partial charge on any atom is -0.444 e. The number of nitrogens with one attached hydrogen (secondary N) is 1. The van der Waals surface area contributed by atoms with Gasteiger partial charge in [0.25, 0.3) is 0 Å². The number of rotatable bonds is 4. The zero-order valence-electron chi connectivity index (χ0n) is 18.0. The van der Waals surface area contributed by atoms with E-state index < -0.39 is 17.8 Å². The number of aliphatic hydroxyl groups is 1. The fourth-order valence-electron chi connectivity index (χ4n) is 3.95. The molecule has 1 aliphatic carbocycles. The summed E-state index contributed by atoms with van der Waals surface area (Å²) < 4.78 is 5.30. The van der Waals surface area contributed by atoms with Gasteiger partial charge in [-0.2, -0.15) is 0 Å². The van der Waals surface area contributed by atoms with E-state index in [9.17, 15) is 9.90 Å². The van der Waals surface area contributed by atoms with Crippen LogP contribution in [0.2, 0.25) is 0 Å². The third-order valence-corrected chi connectivity index (χ3v) is 5.24. The highest BCUT2D eigenvalue weighted by molar-refractivity contribution is 5.85. The molecule has 0 spiro atoms. The molecule has 1 aliphatic rings. The fourth-order valence-corrected chi connectivity index (χ4v) is 3.95. The Balaban J connectivity index is 1.53. The SMILES string of the molecule is CC(C)(C)OC(=O)Nc1cccc(C(O)/C=C/C2c3ccccc3-c3ccccc32)c1. The van der Waals surface area contributed by atoms with Crippen molar-refractivity contribution in [2.45, 2.75) is 38.4 Å². The molecule has 1 atom stereocenters. The van der Waals surface area contributed by atoms with Gasteiger partial charge in [-0.1, -0.05) is 72.8 Å². The second-order valence-corrected chi connectivity index (χ2v) is 8.73. The number of allylic oxidation sites excluding steroid dienone is 1. The zero-order valence-corrected chi connectivity index (χ0v) is 18.0. The number of amides is 1. The first kappa shape index (κ1) is 20.9. The molecule has 0 radical (unpaired) electrons. The summed E-state index contributed by atoms with van der Waals surface area (Å²) in [5, 5.41) is 13.5. The van der Waals surface area contributed by atoms with Gasteiger partial charge in [-0.05, 0) is 60.7 Å². The van der Waals surface area contributed by atoms with Gasteiger partial charge in [-0.3, -0.25) is 5.32 Å². The Bertz CT molecular complexity index is 1080. The molecule has 0 saturated heterocycles. The molecule has 158 valence electrons. The Morgan fingerprint density at radius 3 is 2.19 bits per heavy atom. The van der Waals surface area contributed by atoms with E-state index in [1.54, 1.807) is 18.2 Å². The Hall–Kier alpha value is -3.37. The molecule has 1 unspecified atom stereocenters. The molecule has 0 aliphatic heterocycles. The van der Waals surface area contributed by atoms with Crippen molar-refractivity contribution in [3.05, 3.63) is 102 Å². The van der Waals surface area contributed by atoms with Crippen LogP contribution in [0.25, 0.3) is 11.1 Å². The molecule has 3 aromatic rings. The Kier molecular flexibility index (Phi) is 5.66. The minimum absolute atomic E-state index is 0.102. The minimum atomic E-state index is -0.791. The highest BCUT2D eigenvalue weighted by atomic mass is 16.6. The maximum Gasteiger partial charge on any atom is 0.412 e. The van der Waals surface area contributed by atoms with E-state index in [2.05, 4.69) is 47.8 Å². The monoisotopic (exact) mass is 413 g/mol. The van der Waals surface area contributed by atoms with Crippen molar-refractivity contribution >= 4 is 11.8 Å². The lowest BCUT2D eigenvalue weighted by Gasteiger charge is -2.20. The first-order chi connectivity index (χ1) is 14.8. The molecule has 1 amide bonds. The van der Waals surface area contributed by atoms with Crippen molar-refractivity contribution in [1.29, 1.82) is 0 Å². The molecule has 2 N–H and O–H groups in total. The van der Waals surface area contributed by atoms with Crippen molar-refractivity contribution in [3.63, 3.8) is 0 Å². The van der Waals surface area contributed by atoms with Crippen LogP contribution in [-0.2, 0) is 4.74 Å². The van der Waals surface area contributed by atoms with Crippen LogP contribution in [0.15, 0.2) is 84.9 Å². The molecule has 4 rings (SSSR count). The van der Waals surface area contributed by atoms with Gasteiger partial charge in [-0.15, -0.1) is 0 Å². The smallest absolute Gasteiger partial charge is 0.412 e. The number of carbonyl (C=O) groups is 1. The standard InChI is InChI=1S/C27H27NO3/c1-27(2,3)31-26(30)28-19-10-8-9-18(17-19)25(29)16-15-24-22-13-6-4-11-20(22)21-12-5-7-14-23(21)24/h4-17,24-25,29H,1-3H3,(H,28,30)/b16-15+. The van der Waals surface area contributed by atoms with E-state index in [1.807, 2.05) is 45.0 Å². The number of anilines is 1. The predicted molar refractivity (Wildman–Crippen MR) is 124 cm³/mol. The summed E-state index contributed by atoms with van der Waals surface area (Å²) in [6, 6.07) is 24.0. The van der Waals surface area contributed by atoms with Crippen LogP contribution < -0.4 is 5.32 Å². The molecule has 0 aromatic heterocycles. The molecule has 0 saturated carbocycles. The molecule has 3 aromatic carbocycles. The summed E-state index contributed by atoms with van der Waals surface area (Å²) in [6.07, 6.45) is 2.56. The van der Waals surface area contributed by atoms with Crippen LogP contribution in [0.1, 0.15) is 49.5 Å². The van der Waals surface area contributed by atoms with E-state index in [0.29, 0.717) is 11.3 Å². The molecule has 31 heavy (non-hydrogen) atoms. The van der Waals surface area contributed by atoms with E-state index in [-0.39, 0.29) is 5.92 Å². The molecule has 0 fully saturated rings. The second-order valence-electron chi connectivity index (χ2n) is 8.73. The van der Waals surface area contributed by atoms with Crippen molar-refractivity contribution in [3.8, 4) is 11.1 Å². The highest BCUT2D eigenvalue weighted by Gasteiger charge is 2.26. The predicted octanol–water partition coefficient (Wildman–Crippen LogP) is 6.44. The van der Waals surface area contributed by atoms with Crippen molar-refractivity contribution in [1.82, 2.24) is 0 Å². The number of hydrogen-bond acceptors (Lipinski definition) is 3. The number of carbonyl (C=O) groups excluding carboxylic acids is 1. The lowest BCUT2D eigenvalue weighted by molar-refractivity contribution is 0.0636. The summed E-state index contributed by atoms with van der Waals surface area (Å²) in [5.41, 5.74) is 5.68. The second kappa shape index (κ2) is 8.40. The topological polar surface area (TPSA) is 58.6 Å². The van der Waals surface area contributed by atoms with E-state index in [0.717, 1.165) is 0 Å². The van der Waals surface area contributed by atoms with E-state index in [4.69, 9.17) is 4.74 Å². The largest absolute Gasteiger partial charge is 0.444 e. The van der Waals surface area contributed by atoms with Gasteiger partial charge in [0, 0.05) is 11.6 Å². The summed E-state index contributed by atoms with van der Waals surface area (Å²) in [5.74, 6) is 0.102. The van der Waals surface area contributed by atoms with Gasteiger partial charge >= 0.3 is 6.09 Å². The molecular formula is C27H27NO3. The normalized spacial score (nSPS) is 14.2. The van der Waals surface area contributed by atoms with Gasteiger partial charge in [-0.25, -0.2) is 4.79 Å². The van der Waals surface area contributed by atoms with Crippen LogP contribution >= 0.6 is 0 Å². The van der Waals surface area contributed by atoms with Crippen molar-refractivity contribution in [2.24, 2.45) is 0 Å². The number of benzene rings is 3. The maximum absolute atomic E-state index is 12.0. The van der Waals surface area contributed by atoms with Crippen LogP contribution in [0, 0.1) is 0 Å². The summed E-state index contributed by atoms with van der Waals surface area (Å²) in [4.78, 5) is 12.0. The van der Waals surface area contributed by atoms with Gasteiger partial charge in [0.1, 0.15) is 5.60 Å². The van der Waals surface area contributed by atoms with Gasteiger partial charge < -0.3 is 9.84 Å². The number of aliphatic hydroxyl groups excluding tert-OH is 1. The Morgan fingerprint density at radius 1 is 0.968 bits per heavy atom. The van der Waals surface area contributed by atoms with Crippen LogP contribution in [-0.4, -0.2) is 16.8 Å². The Morgan fingerprint density at radius 2 is 1.58 bits per heavy atom. The van der Waals surface area contributed by atoms with Crippen molar-refractivity contribution < 1.29 is 14.6 Å². The number of fused-ring (bicyclic) bond motifs is 3. The average Bonchev–Trinajstić information content (AvgIpc) is 3.04. The Labute approximate surface area is 183 Å².